The number of carbonyl (C=O) groups is 2. The van der Waals surface area contributed by atoms with E-state index in [-0.39, 0.29) is 0 Å². The van der Waals surface area contributed by atoms with Crippen LogP contribution in [0.3, 0.4) is 0 Å². The number of rotatable bonds is 7. The van der Waals surface area contributed by atoms with Crippen molar-refractivity contribution in [1.82, 2.24) is 0 Å². The fourth-order valence-corrected chi connectivity index (χ4v) is 4.02. The Morgan fingerprint density at radius 3 is 1.61 bits per heavy atom. The molecule has 0 aromatic heterocycles. The Morgan fingerprint density at radius 2 is 1.08 bits per heavy atom. The first-order valence-electron chi connectivity index (χ1n) is 10.6. The Hall–Kier alpha value is -1.62. The first-order valence-corrected chi connectivity index (χ1v) is 10.6. The van der Waals surface area contributed by atoms with Gasteiger partial charge in [-0.15, -0.1) is 0 Å². The molecule has 15 atom stereocenters. The van der Waals surface area contributed by atoms with E-state index in [1.165, 1.54) is 0 Å². The molecule has 3 unspecified atom stereocenters. The van der Waals surface area contributed by atoms with Crippen LogP contribution in [0.15, 0.2) is 0 Å². The molecule has 0 amide bonds. The van der Waals surface area contributed by atoms with E-state index in [9.17, 15) is 60.7 Å². The molecule has 208 valence electrons. The zero-order chi connectivity index (χ0) is 27.1. The lowest BCUT2D eigenvalue weighted by molar-refractivity contribution is -0.373. The van der Waals surface area contributed by atoms with E-state index in [1.807, 2.05) is 0 Å². The first-order chi connectivity index (χ1) is 16.8. The van der Waals surface area contributed by atoms with Crippen molar-refractivity contribution >= 4 is 11.9 Å². The van der Waals surface area contributed by atoms with Crippen LogP contribution in [0, 0.1) is 0 Å². The Labute approximate surface area is 201 Å². The molecule has 3 aliphatic heterocycles. The summed E-state index contributed by atoms with van der Waals surface area (Å²) >= 11 is 0. The van der Waals surface area contributed by atoms with E-state index >= 15 is 0 Å². The van der Waals surface area contributed by atoms with Crippen molar-refractivity contribution in [2.24, 2.45) is 0 Å². The van der Waals surface area contributed by atoms with Crippen molar-refractivity contribution in [3.05, 3.63) is 0 Å². The number of aliphatic hydroxyl groups excluding tert-OH is 9. The smallest absolute Gasteiger partial charge is 0.335 e. The summed E-state index contributed by atoms with van der Waals surface area (Å²) in [5, 5.41) is 109. The molecule has 0 aromatic rings. The second-order valence-corrected chi connectivity index (χ2v) is 8.41. The minimum Gasteiger partial charge on any atom is -0.479 e. The maximum atomic E-state index is 11.6. The Bertz CT molecular complexity index is 779. The van der Waals surface area contributed by atoms with E-state index in [0.29, 0.717) is 0 Å². The normalized spacial score (nSPS) is 50.0. The molecule has 0 spiro atoms. The van der Waals surface area contributed by atoms with Crippen LogP contribution in [-0.4, -0.2) is 167 Å². The topological polar surface area (TPSA) is 303 Å². The molecule has 3 fully saturated rings. The summed E-state index contributed by atoms with van der Waals surface area (Å²) in [5.74, 6) is -3.56. The van der Waals surface area contributed by atoms with Crippen LogP contribution in [0.4, 0.5) is 0 Å². The van der Waals surface area contributed by atoms with Crippen LogP contribution in [0.25, 0.3) is 0 Å². The van der Waals surface area contributed by atoms with Gasteiger partial charge in [-0.05, 0) is 0 Å². The minimum absolute atomic E-state index is 0.877. The average molecular weight is 532 g/mol. The first kappa shape index (κ1) is 28.9. The lowest BCUT2D eigenvalue weighted by Gasteiger charge is -2.47. The van der Waals surface area contributed by atoms with E-state index in [4.69, 9.17) is 28.8 Å². The highest BCUT2D eigenvalue weighted by molar-refractivity contribution is 5.74. The van der Waals surface area contributed by atoms with Crippen LogP contribution in [0.2, 0.25) is 0 Å². The van der Waals surface area contributed by atoms with Gasteiger partial charge in [-0.3, -0.25) is 0 Å². The highest BCUT2D eigenvalue weighted by Crippen LogP contribution is 2.32. The van der Waals surface area contributed by atoms with Gasteiger partial charge in [-0.1, -0.05) is 0 Å². The van der Waals surface area contributed by atoms with E-state index in [2.05, 4.69) is 0 Å². The van der Waals surface area contributed by atoms with Crippen molar-refractivity contribution in [2.75, 3.05) is 6.61 Å². The maximum Gasteiger partial charge on any atom is 0.335 e. The van der Waals surface area contributed by atoms with Crippen LogP contribution < -0.4 is 0 Å². The Balaban J connectivity index is 1.84. The highest BCUT2D eigenvalue weighted by Gasteiger charge is 2.55. The summed E-state index contributed by atoms with van der Waals surface area (Å²) < 4.78 is 25.4. The average Bonchev–Trinajstić information content (AvgIpc) is 2.82. The van der Waals surface area contributed by atoms with Crippen molar-refractivity contribution in [3.63, 3.8) is 0 Å². The molecule has 18 heteroatoms. The molecule has 36 heavy (non-hydrogen) atoms. The molecule has 3 aliphatic rings. The van der Waals surface area contributed by atoms with Crippen LogP contribution in [-0.2, 0) is 33.3 Å². The molecule has 0 aromatic carbocycles. The number of aliphatic hydroxyl groups is 9. The number of hydrogen-bond acceptors (Lipinski definition) is 16. The Kier molecular flexibility index (Phi) is 9.17. The van der Waals surface area contributed by atoms with Gasteiger partial charge < -0.3 is 79.9 Å². The monoisotopic (exact) mass is 532 g/mol. The SMILES string of the molecule is O=C(O)[C@H]1OC(O[C@H]2[C@H](O)[C@@H](O)C(O)O[C@@H]2CO)[C@H](O)[C@@H](OC2O[C@H](C(=O)O)[C@@H](O)[C@H](O)[C@H]2O)[C@H]1O. The number of carboxylic acids is 2. The lowest BCUT2D eigenvalue weighted by Crippen LogP contribution is -2.67. The predicted molar refractivity (Wildman–Crippen MR) is 102 cm³/mol. The van der Waals surface area contributed by atoms with Gasteiger partial charge >= 0.3 is 11.9 Å². The van der Waals surface area contributed by atoms with Gasteiger partial charge in [-0.2, -0.15) is 0 Å². The third kappa shape index (κ3) is 5.47. The number of carboxylic acid groups (broad SMARTS) is 2. The van der Waals surface area contributed by atoms with Crippen molar-refractivity contribution in [3.8, 4) is 0 Å². The van der Waals surface area contributed by atoms with Gasteiger partial charge in [0.1, 0.15) is 61.0 Å². The van der Waals surface area contributed by atoms with Gasteiger partial charge in [0.15, 0.2) is 31.1 Å². The summed E-state index contributed by atoms with van der Waals surface area (Å²) in [6, 6.07) is 0. The van der Waals surface area contributed by atoms with E-state index in [0.717, 1.165) is 0 Å². The standard InChI is InChI=1S/C18H28O18/c19-1-2-10(5(22)6(23)16(31)32-2)33-18-9(26)11(8(25)13(36-18)15(29)30)34-17-7(24)3(20)4(21)12(35-17)14(27)28/h2-13,16-26,31H,1H2,(H,27,28)(H,29,30)/t2-,3+,4+,5-,6-,7-,8-,9-,10-,11+,12+,13+,16?,17?,18?/m1/s1. The van der Waals surface area contributed by atoms with E-state index in [1.54, 1.807) is 0 Å². The van der Waals surface area contributed by atoms with Gasteiger partial charge in [-0.25, -0.2) is 9.59 Å². The quantitative estimate of drug-likeness (QED) is 0.145. The van der Waals surface area contributed by atoms with E-state index < -0.39 is 111 Å². The molecule has 0 saturated carbocycles. The van der Waals surface area contributed by atoms with Crippen molar-refractivity contribution < 1.29 is 89.4 Å². The second kappa shape index (κ2) is 11.4. The summed E-state index contributed by atoms with van der Waals surface area (Å²) in [7, 11) is 0. The molecular formula is C18H28O18. The Morgan fingerprint density at radius 1 is 0.583 bits per heavy atom. The van der Waals surface area contributed by atoms with Crippen molar-refractivity contribution in [1.29, 1.82) is 0 Å². The lowest BCUT2D eigenvalue weighted by atomic mass is 9.95. The third-order valence-corrected chi connectivity index (χ3v) is 6.02. The molecule has 18 nitrogen and oxygen atoms in total. The zero-order valence-corrected chi connectivity index (χ0v) is 18.1. The fraction of sp³-hybridized carbons (Fsp3) is 0.889. The molecule has 0 radical (unpaired) electrons. The van der Waals surface area contributed by atoms with Gasteiger partial charge in [0, 0.05) is 0 Å². The number of ether oxygens (including phenoxy) is 5. The molecule has 3 rings (SSSR count). The van der Waals surface area contributed by atoms with Gasteiger partial charge in [0.25, 0.3) is 0 Å². The minimum atomic E-state index is -2.20. The highest BCUT2D eigenvalue weighted by atomic mass is 16.7. The van der Waals surface area contributed by atoms with Crippen LogP contribution >= 0.6 is 0 Å². The molecule has 11 N–H and O–H groups in total. The largest absolute Gasteiger partial charge is 0.479 e. The fourth-order valence-electron chi connectivity index (χ4n) is 4.02. The summed E-state index contributed by atoms with van der Waals surface area (Å²) in [4.78, 5) is 22.9. The molecule has 3 heterocycles. The number of hydrogen-bond donors (Lipinski definition) is 11. The predicted octanol–water partition coefficient (Wildman–Crippen LogP) is -7.39. The summed E-state index contributed by atoms with van der Waals surface area (Å²) in [6.45, 7) is -0.877. The molecule has 3 saturated heterocycles. The molecular weight excluding hydrogens is 504 g/mol. The van der Waals surface area contributed by atoms with Crippen LogP contribution in [0.1, 0.15) is 0 Å². The number of aliphatic carboxylic acids is 2. The second-order valence-electron chi connectivity index (χ2n) is 8.41. The van der Waals surface area contributed by atoms with Gasteiger partial charge in [0.05, 0.1) is 6.61 Å². The van der Waals surface area contributed by atoms with Gasteiger partial charge in [0.2, 0.25) is 0 Å². The summed E-state index contributed by atoms with van der Waals surface area (Å²) in [6.07, 6.45) is -30.3. The molecule has 0 aliphatic carbocycles. The zero-order valence-electron chi connectivity index (χ0n) is 18.1. The van der Waals surface area contributed by atoms with Crippen LogP contribution in [0.5, 0.6) is 0 Å². The maximum absolute atomic E-state index is 11.6. The summed E-state index contributed by atoms with van der Waals surface area (Å²) in [5.41, 5.74) is 0. The molecule has 0 bridgehead atoms. The third-order valence-electron chi connectivity index (χ3n) is 6.02. The van der Waals surface area contributed by atoms with Crippen molar-refractivity contribution in [2.45, 2.75) is 92.1 Å².